The predicted molar refractivity (Wildman–Crippen MR) is 92.0 cm³/mol. The van der Waals surface area contributed by atoms with Gasteiger partial charge in [-0.3, -0.25) is 14.9 Å². The normalized spacial score (nSPS) is 24.5. The number of halogens is 1. The molecule has 144 valence electrons. The number of nitrogens with zero attached hydrogens (tertiary/aromatic N) is 1. The number of hydrogen-bond acceptors (Lipinski definition) is 6. The third kappa shape index (κ3) is 3.20. The second-order valence-corrected chi connectivity index (χ2v) is 6.23. The second-order valence-electron chi connectivity index (χ2n) is 6.23. The van der Waals surface area contributed by atoms with Gasteiger partial charge in [-0.25, -0.2) is 4.39 Å². The molecule has 1 fully saturated rings. The molecule has 0 radical (unpaired) electrons. The number of non-ortho nitro benzene ring substituents is 1. The molecule has 1 aromatic rings. The minimum absolute atomic E-state index is 0.0424. The van der Waals surface area contributed by atoms with Crippen LogP contribution in [0.1, 0.15) is 17.9 Å². The van der Waals surface area contributed by atoms with Gasteiger partial charge in [-0.05, 0) is 17.7 Å². The fourth-order valence-electron chi connectivity index (χ4n) is 3.74. The molecule has 0 spiro atoms. The van der Waals surface area contributed by atoms with Gasteiger partial charge in [0.2, 0.25) is 5.91 Å². The zero-order valence-electron chi connectivity index (χ0n) is 15.0. The highest BCUT2D eigenvalue weighted by Crippen LogP contribution is 2.45. The van der Waals surface area contributed by atoms with E-state index in [9.17, 15) is 19.3 Å². The van der Waals surface area contributed by atoms with E-state index in [0.717, 1.165) is 12.1 Å². The maximum atomic E-state index is 14.6. The zero-order chi connectivity index (χ0) is 19.7. The van der Waals surface area contributed by atoms with E-state index in [-0.39, 0.29) is 23.6 Å². The summed E-state index contributed by atoms with van der Waals surface area (Å²) in [6, 6.07) is 2.78. The Bertz CT molecular complexity index is 850. The molecule has 3 rings (SSSR count). The molecule has 9 heteroatoms. The smallest absolute Gasteiger partial charge is 0.269 e. The van der Waals surface area contributed by atoms with E-state index in [1.807, 2.05) is 0 Å². The number of ether oxygens (including phenoxy) is 3. The molecular weight excluding hydrogens is 359 g/mol. The Morgan fingerprint density at radius 1 is 1.22 bits per heavy atom. The molecule has 1 heterocycles. The van der Waals surface area contributed by atoms with Gasteiger partial charge in [0.1, 0.15) is 11.6 Å². The van der Waals surface area contributed by atoms with Crippen molar-refractivity contribution in [3.63, 3.8) is 0 Å². The number of benzene rings is 1. The number of carbonyl (C=O) groups is 1. The van der Waals surface area contributed by atoms with Gasteiger partial charge in [-0.15, -0.1) is 0 Å². The van der Waals surface area contributed by atoms with E-state index >= 15 is 0 Å². The summed E-state index contributed by atoms with van der Waals surface area (Å²) >= 11 is 0. The zero-order valence-corrected chi connectivity index (χ0v) is 15.0. The third-order valence-electron chi connectivity index (χ3n) is 4.87. The first kappa shape index (κ1) is 18.7. The molecular formula is C18H19FN2O6. The number of nitro benzene ring substituents is 1. The number of rotatable bonds is 5. The molecule has 3 unspecified atom stereocenters. The Kier molecular flexibility index (Phi) is 5.02. The van der Waals surface area contributed by atoms with Crippen molar-refractivity contribution in [3.8, 4) is 0 Å². The van der Waals surface area contributed by atoms with Crippen LogP contribution in [0.15, 0.2) is 41.6 Å². The molecule has 0 bridgehead atoms. The van der Waals surface area contributed by atoms with Crippen LogP contribution in [-0.4, -0.2) is 38.2 Å². The average molecular weight is 378 g/mol. The summed E-state index contributed by atoms with van der Waals surface area (Å²) < 4.78 is 30.8. The largest absolute Gasteiger partial charge is 0.497 e. The number of nitro groups is 1. The van der Waals surface area contributed by atoms with Crippen LogP contribution < -0.4 is 5.32 Å². The second kappa shape index (κ2) is 7.26. The van der Waals surface area contributed by atoms with Crippen molar-refractivity contribution < 1.29 is 28.3 Å². The van der Waals surface area contributed by atoms with Crippen LogP contribution in [0.5, 0.6) is 0 Å². The molecule has 8 nitrogen and oxygen atoms in total. The van der Waals surface area contributed by atoms with Crippen LogP contribution in [0.25, 0.3) is 0 Å². The van der Waals surface area contributed by atoms with Crippen LogP contribution in [-0.2, 0) is 19.0 Å². The highest BCUT2D eigenvalue weighted by Gasteiger charge is 2.46. The van der Waals surface area contributed by atoms with Crippen molar-refractivity contribution in [3.05, 3.63) is 63.0 Å². The highest BCUT2D eigenvalue weighted by atomic mass is 19.1. The SMILES string of the molecule is COC1=CC2NC(=O)CC(c3cc([N+](=O)[O-])ccc3F)C2C(OC)=C1OC. The van der Waals surface area contributed by atoms with Gasteiger partial charge in [0.15, 0.2) is 11.5 Å². The lowest BCUT2D eigenvalue weighted by atomic mass is 9.73. The Labute approximate surface area is 154 Å². The fraction of sp³-hybridized carbons (Fsp3) is 0.389. The van der Waals surface area contributed by atoms with Crippen molar-refractivity contribution in [1.29, 1.82) is 0 Å². The van der Waals surface area contributed by atoms with Crippen LogP contribution >= 0.6 is 0 Å². The highest BCUT2D eigenvalue weighted by molar-refractivity contribution is 5.79. The lowest BCUT2D eigenvalue weighted by molar-refractivity contribution is -0.385. The number of carbonyl (C=O) groups excluding carboxylic acids is 1. The van der Waals surface area contributed by atoms with Gasteiger partial charge in [0, 0.05) is 24.5 Å². The molecule has 1 aliphatic carbocycles. The van der Waals surface area contributed by atoms with Gasteiger partial charge in [0.25, 0.3) is 5.69 Å². The standard InChI is InChI=1S/C18H19FN2O6/c1-25-14-8-13-16(18(27-3)17(14)26-2)11(7-15(22)20-13)10-6-9(21(23)24)4-5-12(10)19/h4-6,8,11,13,16H,7H2,1-3H3,(H,20,22). The van der Waals surface area contributed by atoms with E-state index in [2.05, 4.69) is 5.32 Å². The summed E-state index contributed by atoms with van der Waals surface area (Å²) in [7, 11) is 4.36. The molecule has 3 atom stereocenters. The minimum Gasteiger partial charge on any atom is -0.497 e. The number of amides is 1. The van der Waals surface area contributed by atoms with Gasteiger partial charge in [-0.1, -0.05) is 0 Å². The lowest BCUT2D eigenvalue weighted by Crippen LogP contribution is -2.50. The van der Waals surface area contributed by atoms with Gasteiger partial charge < -0.3 is 19.5 Å². The van der Waals surface area contributed by atoms with Gasteiger partial charge in [0.05, 0.1) is 38.2 Å². The van der Waals surface area contributed by atoms with Crippen molar-refractivity contribution in [2.24, 2.45) is 5.92 Å². The van der Waals surface area contributed by atoms with Crippen molar-refractivity contribution in [1.82, 2.24) is 5.32 Å². The van der Waals surface area contributed by atoms with Gasteiger partial charge >= 0.3 is 0 Å². The molecule has 1 N–H and O–H groups in total. The maximum absolute atomic E-state index is 14.6. The fourth-order valence-corrected chi connectivity index (χ4v) is 3.74. The monoisotopic (exact) mass is 378 g/mol. The van der Waals surface area contributed by atoms with E-state index in [0.29, 0.717) is 17.3 Å². The molecule has 0 saturated carbocycles. The Morgan fingerprint density at radius 2 is 1.96 bits per heavy atom. The summed E-state index contributed by atoms with van der Waals surface area (Å²) in [6.07, 6.45) is 1.63. The minimum atomic E-state index is -0.668. The van der Waals surface area contributed by atoms with E-state index < -0.39 is 28.6 Å². The molecule has 1 aliphatic heterocycles. The summed E-state index contributed by atoms with van der Waals surface area (Å²) in [5, 5.41) is 13.9. The number of nitrogens with one attached hydrogen (secondary N) is 1. The molecule has 0 aromatic heterocycles. The van der Waals surface area contributed by atoms with Crippen LogP contribution in [0.4, 0.5) is 10.1 Å². The first-order chi connectivity index (χ1) is 12.9. The average Bonchev–Trinajstić information content (AvgIpc) is 2.65. The number of methoxy groups -OCH3 is 3. The summed E-state index contributed by atoms with van der Waals surface area (Å²) in [5.41, 5.74) is -0.152. The number of fused-ring (bicyclic) bond motifs is 1. The van der Waals surface area contributed by atoms with E-state index in [1.54, 1.807) is 6.08 Å². The van der Waals surface area contributed by atoms with Crippen LogP contribution in [0.3, 0.4) is 0 Å². The maximum Gasteiger partial charge on any atom is 0.269 e. The first-order valence-electron chi connectivity index (χ1n) is 8.22. The summed E-state index contributed by atoms with van der Waals surface area (Å²) in [4.78, 5) is 22.8. The van der Waals surface area contributed by atoms with Crippen molar-refractivity contribution >= 4 is 11.6 Å². The molecule has 1 saturated heterocycles. The van der Waals surface area contributed by atoms with E-state index in [1.165, 1.54) is 27.4 Å². The number of hydrogen-bond donors (Lipinski definition) is 1. The summed E-state index contributed by atoms with van der Waals surface area (Å²) in [5.74, 6) is -0.969. The third-order valence-corrected chi connectivity index (χ3v) is 4.87. The van der Waals surface area contributed by atoms with Crippen molar-refractivity contribution in [2.45, 2.75) is 18.4 Å². The Morgan fingerprint density at radius 3 is 2.56 bits per heavy atom. The first-order valence-corrected chi connectivity index (χ1v) is 8.22. The lowest BCUT2D eigenvalue weighted by Gasteiger charge is -2.40. The van der Waals surface area contributed by atoms with Crippen LogP contribution in [0.2, 0.25) is 0 Å². The predicted octanol–water partition coefficient (Wildman–Crippen LogP) is 2.37. The van der Waals surface area contributed by atoms with Crippen molar-refractivity contribution in [2.75, 3.05) is 21.3 Å². The Balaban J connectivity index is 2.15. The quantitative estimate of drug-likeness (QED) is 0.624. The van der Waals surface area contributed by atoms with Crippen LogP contribution in [0, 0.1) is 21.8 Å². The molecule has 27 heavy (non-hydrogen) atoms. The molecule has 2 aliphatic rings. The Hall–Kier alpha value is -3.10. The number of piperidine rings is 1. The van der Waals surface area contributed by atoms with E-state index in [4.69, 9.17) is 14.2 Å². The molecule has 1 amide bonds. The molecule has 1 aromatic carbocycles. The topological polar surface area (TPSA) is 99.9 Å². The van der Waals surface area contributed by atoms with Gasteiger partial charge in [-0.2, -0.15) is 0 Å². The summed E-state index contributed by atoms with van der Waals surface area (Å²) in [6.45, 7) is 0.